The van der Waals surface area contributed by atoms with E-state index in [1.807, 2.05) is 31.7 Å². The Morgan fingerprint density at radius 3 is 2.55 bits per heavy atom. The summed E-state index contributed by atoms with van der Waals surface area (Å²) in [5.41, 5.74) is 0.859. The van der Waals surface area contributed by atoms with Gasteiger partial charge in [0, 0.05) is 30.1 Å². The molecule has 1 aliphatic heterocycles. The molecule has 2 fully saturated rings. The number of carbonyl (C=O) groups excluding carboxylic acids is 1. The molecule has 120 valence electrons. The Labute approximate surface area is 140 Å². The zero-order chi connectivity index (χ0) is 15.9. The Balaban J connectivity index is 1.45. The fourth-order valence-electron chi connectivity index (χ4n) is 3.17. The molecule has 1 saturated heterocycles. The minimum Gasteiger partial charge on any atom is -0.444 e. The van der Waals surface area contributed by atoms with Crippen molar-refractivity contribution in [3.63, 3.8) is 0 Å². The molecule has 0 spiro atoms. The van der Waals surface area contributed by atoms with E-state index in [-0.39, 0.29) is 6.09 Å². The second-order valence-corrected chi connectivity index (χ2v) is 8.07. The Hall–Kier alpha value is -1.07. The summed E-state index contributed by atoms with van der Waals surface area (Å²) in [7, 11) is 0. The molecule has 1 aromatic rings. The monoisotopic (exact) mass is 366 g/mol. The molecule has 2 aliphatic rings. The molecule has 22 heavy (non-hydrogen) atoms. The zero-order valence-corrected chi connectivity index (χ0v) is 14.9. The summed E-state index contributed by atoms with van der Waals surface area (Å²) in [6.45, 7) is 8.21. The van der Waals surface area contributed by atoms with Gasteiger partial charge in [0.15, 0.2) is 0 Å². The minimum atomic E-state index is -0.416. The lowest BCUT2D eigenvalue weighted by molar-refractivity contribution is 0.0269. The first-order chi connectivity index (χ1) is 10.3. The van der Waals surface area contributed by atoms with Gasteiger partial charge < -0.3 is 15.0 Å². The summed E-state index contributed by atoms with van der Waals surface area (Å²) < 4.78 is 6.57. The zero-order valence-electron chi connectivity index (χ0n) is 13.3. The molecule has 2 atom stereocenters. The standard InChI is InChI=1S/C17H23BrN2O2/c1-17(2,3)22-16(21)20-9-12-13(10-20)15(12)19-8-11-6-4-5-7-14(11)18/h4-7,12-13,15,19H,8-10H2,1-3H3. The van der Waals surface area contributed by atoms with E-state index in [1.165, 1.54) is 5.56 Å². The smallest absolute Gasteiger partial charge is 0.410 e. The van der Waals surface area contributed by atoms with Gasteiger partial charge in [-0.3, -0.25) is 0 Å². The van der Waals surface area contributed by atoms with Crippen LogP contribution < -0.4 is 5.32 Å². The van der Waals surface area contributed by atoms with Crippen molar-refractivity contribution in [2.75, 3.05) is 13.1 Å². The van der Waals surface area contributed by atoms with Crippen LogP contribution in [0.25, 0.3) is 0 Å². The average molecular weight is 367 g/mol. The quantitative estimate of drug-likeness (QED) is 0.890. The van der Waals surface area contributed by atoms with Crippen molar-refractivity contribution in [3.05, 3.63) is 34.3 Å². The number of halogens is 1. The first kappa shape index (κ1) is 15.8. The van der Waals surface area contributed by atoms with E-state index in [1.54, 1.807) is 0 Å². The SMILES string of the molecule is CC(C)(C)OC(=O)N1CC2C(C1)C2NCc1ccccc1Br. The Morgan fingerprint density at radius 1 is 1.32 bits per heavy atom. The summed E-state index contributed by atoms with van der Waals surface area (Å²) in [6.07, 6.45) is -0.177. The normalized spacial score (nSPS) is 26.7. The number of hydrogen-bond donors (Lipinski definition) is 1. The van der Waals surface area contributed by atoms with Crippen LogP contribution in [0.5, 0.6) is 0 Å². The summed E-state index contributed by atoms with van der Waals surface area (Å²) in [6, 6.07) is 8.81. The van der Waals surface area contributed by atoms with Crippen LogP contribution in [0.4, 0.5) is 4.79 Å². The van der Waals surface area contributed by atoms with Crippen molar-refractivity contribution >= 4 is 22.0 Å². The summed E-state index contributed by atoms with van der Waals surface area (Å²) in [4.78, 5) is 13.9. The second kappa shape index (κ2) is 5.85. The van der Waals surface area contributed by atoms with Crippen LogP contribution in [0.2, 0.25) is 0 Å². The second-order valence-electron chi connectivity index (χ2n) is 7.21. The maximum atomic E-state index is 12.0. The molecule has 5 heteroatoms. The van der Waals surface area contributed by atoms with Crippen LogP contribution in [0, 0.1) is 11.8 Å². The van der Waals surface area contributed by atoms with Gasteiger partial charge in [-0.05, 0) is 44.2 Å². The van der Waals surface area contributed by atoms with Crippen LogP contribution in [0.1, 0.15) is 26.3 Å². The Morgan fingerprint density at radius 2 is 1.95 bits per heavy atom. The van der Waals surface area contributed by atoms with Gasteiger partial charge in [-0.2, -0.15) is 0 Å². The largest absolute Gasteiger partial charge is 0.444 e. The number of rotatable bonds is 3. The van der Waals surface area contributed by atoms with E-state index in [0.29, 0.717) is 17.9 Å². The van der Waals surface area contributed by atoms with Crippen molar-refractivity contribution in [2.24, 2.45) is 11.8 Å². The number of hydrogen-bond acceptors (Lipinski definition) is 3. The lowest BCUT2D eigenvalue weighted by Crippen LogP contribution is -2.39. The van der Waals surface area contributed by atoms with Gasteiger partial charge in [0.2, 0.25) is 0 Å². The maximum Gasteiger partial charge on any atom is 0.410 e. The van der Waals surface area contributed by atoms with Gasteiger partial charge in [0.25, 0.3) is 0 Å². The summed E-state index contributed by atoms with van der Waals surface area (Å²) in [5.74, 6) is 1.16. The van der Waals surface area contributed by atoms with Crippen molar-refractivity contribution in [1.29, 1.82) is 0 Å². The van der Waals surface area contributed by atoms with E-state index in [4.69, 9.17) is 4.74 Å². The van der Waals surface area contributed by atoms with Crippen LogP contribution in [0.3, 0.4) is 0 Å². The molecule has 1 heterocycles. The molecular formula is C17H23BrN2O2. The molecule has 4 nitrogen and oxygen atoms in total. The van der Waals surface area contributed by atoms with Crippen molar-refractivity contribution in [3.8, 4) is 0 Å². The number of fused-ring (bicyclic) bond motifs is 1. The highest BCUT2D eigenvalue weighted by atomic mass is 79.9. The molecule has 1 aromatic carbocycles. The van der Waals surface area contributed by atoms with Crippen LogP contribution >= 0.6 is 15.9 Å². The van der Waals surface area contributed by atoms with E-state index in [2.05, 4.69) is 39.4 Å². The molecule has 0 radical (unpaired) electrons. The van der Waals surface area contributed by atoms with Gasteiger partial charge in [0.1, 0.15) is 5.60 Å². The third kappa shape index (κ3) is 3.46. The lowest BCUT2D eigenvalue weighted by atomic mass is 10.2. The van der Waals surface area contributed by atoms with Gasteiger partial charge in [-0.15, -0.1) is 0 Å². The Bertz CT molecular complexity index is 558. The highest BCUT2D eigenvalue weighted by molar-refractivity contribution is 9.10. The number of carbonyl (C=O) groups is 1. The first-order valence-corrected chi connectivity index (χ1v) is 8.59. The molecule has 0 bridgehead atoms. The number of likely N-dealkylation sites (tertiary alicyclic amines) is 1. The van der Waals surface area contributed by atoms with E-state index < -0.39 is 5.60 Å². The van der Waals surface area contributed by atoms with Crippen molar-refractivity contribution in [2.45, 2.75) is 39.0 Å². The van der Waals surface area contributed by atoms with Crippen LogP contribution in [-0.2, 0) is 11.3 Å². The molecule has 1 amide bonds. The fourth-order valence-corrected chi connectivity index (χ4v) is 3.60. The van der Waals surface area contributed by atoms with Gasteiger partial charge in [-0.25, -0.2) is 4.79 Å². The van der Waals surface area contributed by atoms with Gasteiger partial charge in [0.05, 0.1) is 0 Å². The van der Waals surface area contributed by atoms with E-state index in [9.17, 15) is 4.79 Å². The minimum absolute atomic E-state index is 0.177. The number of nitrogens with one attached hydrogen (secondary N) is 1. The number of nitrogens with zero attached hydrogens (tertiary/aromatic N) is 1. The number of amides is 1. The predicted octanol–water partition coefficient (Wildman–Crippen LogP) is 3.40. The van der Waals surface area contributed by atoms with Crippen LogP contribution in [0.15, 0.2) is 28.7 Å². The van der Waals surface area contributed by atoms with E-state index in [0.717, 1.165) is 24.1 Å². The van der Waals surface area contributed by atoms with Crippen LogP contribution in [-0.4, -0.2) is 35.7 Å². The van der Waals surface area contributed by atoms with E-state index >= 15 is 0 Å². The Kier molecular flexibility index (Phi) is 4.21. The molecule has 1 aliphatic carbocycles. The van der Waals surface area contributed by atoms with Crippen molar-refractivity contribution < 1.29 is 9.53 Å². The highest BCUT2D eigenvalue weighted by Gasteiger charge is 2.56. The third-order valence-electron chi connectivity index (χ3n) is 4.33. The lowest BCUT2D eigenvalue weighted by Gasteiger charge is -2.26. The topological polar surface area (TPSA) is 41.6 Å². The molecule has 0 aromatic heterocycles. The molecule has 1 N–H and O–H groups in total. The average Bonchev–Trinajstić information content (AvgIpc) is 2.88. The third-order valence-corrected chi connectivity index (χ3v) is 5.11. The number of benzene rings is 1. The van der Waals surface area contributed by atoms with Crippen molar-refractivity contribution in [1.82, 2.24) is 10.2 Å². The van der Waals surface area contributed by atoms with Gasteiger partial charge >= 0.3 is 6.09 Å². The van der Waals surface area contributed by atoms with Gasteiger partial charge in [-0.1, -0.05) is 34.1 Å². The fraction of sp³-hybridized carbons (Fsp3) is 0.588. The number of piperidine rings is 1. The maximum absolute atomic E-state index is 12.0. The summed E-state index contributed by atoms with van der Waals surface area (Å²) in [5, 5.41) is 3.61. The molecule has 1 saturated carbocycles. The highest BCUT2D eigenvalue weighted by Crippen LogP contribution is 2.46. The molecule has 2 unspecified atom stereocenters. The molecule has 3 rings (SSSR count). The molecular weight excluding hydrogens is 344 g/mol. The summed E-state index contributed by atoms with van der Waals surface area (Å²) >= 11 is 3.58. The first-order valence-electron chi connectivity index (χ1n) is 7.80. The number of ether oxygens (including phenoxy) is 1. The predicted molar refractivity (Wildman–Crippen MR) is 89.6 cm³/mol.